The Morgan fingerprint density at radius 1 is 1.03 bits per heavy atom. The summed E-state index contributed by atoms with van der Waals surface area (Å²) < 4.78 is 8.85. The van der Waals surface area contributed by atoms with E-state index in [0.717, 1.165) is 27.9 Å². The number of thiocarbonyl (C=S) groups is 1. The lowest BCUT2D eigenvalue weighted by Gasteiger charge is -2.18. The third-order valence-electron chi connectivity index (χ3n) is 5.21. The monoisotopic (exact) mass is 505 g/mol. The van der Waals surface area contributed by atoms with Crippen molar-refractivity contribution in [3.8, 4) is 5.75 Å². The van der Waals surface area contributed by atoms with Gasteiger partial charge in [0.1, 0.15) is 19.6 Å². The molecule has 1 aromatic heterocycles. The van der Waals surface area contributed by atoms with E-state index in [1.807, 2.05) is 38.1 Å². The highest BCUT2D eigenvalue weighted by atomic mass is 32.2. The van der Waals surface area contributed by atoms with Crippen LogP contribution in [0.2, 0.25) is 0 Å². The van der Waals surface area contributed by atoms with Crippen LogP contribution in [0.25, 0.3) is 11.0 Å². The predicted octanol–water partition coefficient (Wildman–Crippen LogP) is 3.18. The zero-order valence-electron chi connectivity index (χ0n) is 18.2. The number of thioether (sulfide) groups is 2. The highest BCUT2D eigenvalue weighted by Crippen LogP contribution is 2.47. The number of thiazole rings is 1. The number of amides is 1. The van der Waals surface area contributed by atoms with E-state index in [-0.39, 0.29) is 11.5 Å². The molecule has 1 aromatic carbocycles. The molecule has 0 bridgehead atoms. The Kier molecular flexibility index (Phi) is 6.85. The second kappa shape index (κ2) is 9.46. The molecule has 1 saturated heterocycles. The van der Waals surface area contributed by atoms with E-state index in [2.05, 4.69) is 17.9 Å². The highest BCUT2D eigenvalue weighted by Gasteiger charge is 2.32. The number of anilines is 1. The molecule has 2 aliphatic rings. The predicted molar refractivity (Wildman–Crippen MR) is 139 cm³/mol. The number of nitrogens with zero attached hydrogens (tertiary/aromatic N) is 3. The minimum absolute atomic E-state index is 0.0867. The normalized spacial score (nSPS) is 19.5. The lowest BCUT2D eigenvalue weighted by molar-refractivity contribution is -0.120. The average Bonchev–Trinajstić information content (AvgIpc) is 3.41. The fraction of sp³-hybridized carbons (Fsp3) is 0.318. The first-order valence-corrected chi connectivity index (χ1v) is 13.1. The van der Waals surface area contributed by atoms with E-state index in [9.17, 15) is 9.59 Å². The molecule has 0 unspecified atom stereocenters. The van der Waals surface area contributed by atoms with Crippen molar-refractivity contribution in [3.63, 3.8) is 0 Å². The van der Waals surface area contributed by atoms with Crippen LogP contribution in [0.5, 0.6) is 5.75 Å². The summed E-state index contributed by atoms with van der Waals surface area (Å²) in [5.41, 5.74) is 1.02. The molecule has 2 aromatic rings. The molecule has 168 valence electrons. The minimum atomic E-state index is -0.122. The lowest BCUT2D eigenvalue weighted by atomic mass is 10.2. The third kappa shape index (κ3) is 3.93. The van der Waals surface area contributed by atoms with Gasteiger partial charge in [0.2, 0.25) is 0 Å². The number of allylic oxidation sites excluding steroid dienone is 1. The fourth-order valence-electron chi connectivity index (χ4n) is 3.59. The minimum Gasteiger partial charge on any atom is -0.497 e. The van der Waals surface area contributed by atoms with Crippen LogP contribution in [0.3, 0.4) is 0 Å². The zero-order valence-corrected chi connectivity index (χ0v) is 21.5. The van der Waals surface area contributed by atoms with E-state index in [4.69, 9.17) is 17.0 Å². The van der Waals surface area contributed by atoms with E-state index in [1.165, 1.54) is 23.1 Å². The van der Waals surface area contributed by atoms with Crippen LogP contribution >= 0.6 is 47.1 Å². The second-order valence-electron chi connectivity index (χ2n) is 6.92. The Hall–Kier alpha value is -2.01. The van der Waals surface area contributed by atoms with Gasteiger partial charge in [-0.15, -0.1) is 11.3 Å². The standard InChI is InChI=1S/C22H23N3O3S4/c1-5-23-14-12-13(28-4)8-9-15(14)30-17(23)11-10-16-19(26)24(6-2)21(31-16)18-20(27)25(7-3)22(29)32-18/h8-12H,5-7H2,1-4H3/b16-10-,17-11+,21-18-. The molecule has 0 aliphatic carbocycles. The van der Waals surface area contributed by atoms with Crippen molar-refractivity contribution in [1.29, 1.82) is 0 Å². The van der Waals surface area contributed by atoms with Gasteiger partial charge in [-0.1, -0.05) is 35.7 Å². The first kappa shape index (κ1) is 23.2. The van der Waals surface area contributed by atoms with Gasteiger partial charge in [-0.25, -0.2) is 0 Å². The van der Waals surface area contributed by atoms with Gasteiger partial charge in [-0.05, 0) is 45.1 Å². The van der Waals surface area contributed by atoms with Gasteiger partial charge in [0.25, 0.3) is 11.5 Å². The van der Waals surface area contributed by atoms with E-state index >= 15 is 0 Å². The molecule has 4 rings (SSSR count). The number of hydrogen-bond donors (Lipinski definition) is 0. The van der Waals surface area contributed by atoms with Crippen LogP contribution in [0, 0.1) is 0 Å². The first-order valence-electron chi connectivity index (χ1n) is 10.3. The van der Waals surface area contributed by atoms with Gasteiger partial charge in [0.15, 0.2) is 0 Å². The third-order valence-corrected chi connectivity index (χ3v) is 9.06. The Bertz CT molecular complexity index is 1310. The maximum atomic E-state index is 13.1. The van der Waals surface area contributed by atoms with Crippen LogP contribution in [0.15, 0.2) is 39.0 Å². The molecular formula is C22H23N3O3S4. The number of benzene rings is 1. The molecule has 3 heterocycles. The average molecular weight is 506 g/mol. The van der Waals surface area contributed by atoms with Crippen molar-refractivity contribution in [1.82, 2.24) is 9.47 Å². The second-order valence-corrected chi connectivity index (χ2v) is 10.7. The Labute approximate surface area is 204 Å². The van der Waals surface area contributed by atoms with Crippen LogP contribution in [-0.2, 0) is 11.3 Å². The maximum Gasteiger partial charge on any atom is 0.269 e. The van der Waals surface area contributed by atoms with Crippen LogP contribution < -0.4 is 24.4 Å². The van der Waals surface area contributed by atoms with Crippen molar-refractivity contribution in [2.75, 3.05) is 25.1 Å². The van der Waals surface area contributed by atoms with Crippen molar-refractivity contribution in [2.45, 2.75) is 32.2 Å². The zero-order chi connectivity index (χ0) is 23.0. The van der Waals surface area contributed by atoms with Crippen molar-refractivity contribution < 1.29 is 9.53 Å². The summed E-state index contributed by atoms with van der Waals surface area (Å²) in [5.74, 6) is 0.695. The molecule has 1 amide bonds. The summed E-state index contributed by atoms with van der Waals surface area (Å²) >= 11 is 9.63. The summed E-state index contributed by atoms with van der Waals surface area (Å²) in [6, 6.07) is 6.04. The molecule has 6 nitrogen and oxygen atoms in total. The summed E-state index contributed by atoms with van der Waals surface area (Å²) in [4.78, 5) is 31.3. The first-order chi connectivity index (χ1) is 15.4. The largest absolute Gasteiger partial charge is 0.497 e. The number of carbonyl (C=O) groups excluding carboxylic acids is 1. The number of methoxy groups -OCH3 is 1. The van der Waals surface area contributed by atoms with Crippen LogP contribution in [-0.4, -0.2) is 39.9 Å². The van der Waals surface area contributed by atoms with Gasteiger partial charge in [-0.3, -0.25) is 19.1 Å². The van der Waals surface area contributed by atoms with Crippen molar-refractivity contribution in [2.24, 2.45) is 0 Å². The lowest BCUT2D eigenvalue weighted by Crippen LogP contribution is -2.33. The molecule has 0 saturated carbocycles. The van der Waals surface area contributed by atoms with Gasteiger partial charge >= 0.3 is 0 Å². The van der Waals surface area contributed by atoms with E-state index in [1.54, 1.807) is 28.3 Å². The molecule has 32 heavy (non-hydrogen) atoms. The summed E-state index contributed by atoms with van der Waals surface area (Å²) in [5, 5.41) is 1.05. The molecule has 0 atom stereocenters. The topological polar surface area (TPSA) is 54.8 Å². The number of carbonyl (C=O) groups is 1. The maximum absolute atomic E-state index is 13.1. The van der Waals surface area contributed by atoms with Crippen molar-refractivity contribution >= 4 is 74.0 Å². The van der Waals surface area contributed by atoms with Crippen molar-refractivity contribution in [3.05, 3.63) is 48.9 Å². The number of hydrogen-bond acceptors (Lipinski definition) is 8. The SMILES string of the molecule is CCN1C(=O)/C(=c2/s/c(=C\C=C3\Sc4ccc(OC)cc4N3CC)c(=O)n2CC)SC1=S. The Morgan fingerprint density at radius 2 is 1.78 bits per heavy atom. The van der Waals surface area contributed by atoms with E-state index in [0.29, 0.717) is 31.5 Å². The quantitative estimate of drug-likeness (QED) is 0.579. The molecule has 10 heteroatoms. The number of ether oxygens (including phenoxy) is 1. The van der Waals surface area contributed by atoms with Crippen LogP contribution in [0.1, 0.15) is 20.8 Å². The van der Waals surface area contributed by atoms with Gasteiger partial charge in [0.05, 0.1) is 22.4 Å². The molecule has 0 spiro atoms. The Morgan fingerprint density at radius 3 is 2.41 bits per heavy atom. The molecule has 0 radical (unpaired) electrons. The number of rotatable bonds is 5. The van der Waals surface area contributed by atoms with E-state index < -0.39 is 0 Å². The molecule has 1 fully saturated rings. The van der Waals surface area contributed by atoms with Crippen LogP contribution in [0.4, 0.5) is 5.69 Å². The highest BCUT2D eigenvalue weighted by molar-refractivity contribution is 8.30. The Balaban J connectivity index is 1.79. The molecule has 0 N–H and O–H groups in total. The molecular weight excluding hydrogens is 483 g/mol. The van der Waals surface area contributed by atoms with Gasteiger partial charge < -0.3 is 9.64 Å². The molecule has 2 aliphatic heterocycles. The van der Waals surface area contributed by atoms with Gasteiger partial charge in [0, 0.05) is 30.6 Å². The number of aromatic nitrogens is 1. The number of fused-ring (bicyclic) bond motifs is 1. The summed E-state index contributed by atoms with van der Waals surface area (Å²) in [6.07, 6.45) is 3.84. The summed E-state index contributed by atoms with van der Waals surface area (Å²) in [7, 11) is 1.66. The smallest absolute Gasteiger partial charge is 0.269 e. The van der Waals surface area contributed by atoms with Gasteiger partial charge in [-0.2, -0.15) is 0 Å². The summed E-state index contributed by atoms with van der Waals surface area (Å²) in [6.45, 7) is 7.72. The fourth-order valence-corrected chi connectivity index (χ4v) is 7.35.